The number of carbonyl (C=O) groups is 1. The lowest BCUT2D eigenvalue weighted by Gasteiger charge is -2.12. The van der Waals surface area contributed by atoms with Gasteiger partial charge in [0.1, 0.15) is 18.0 Å². The SMILES string of the molecule is Cc1cc(OC(F)(F)F)ccc1NC(=O)Cn1nc(-c2ncn(Cc3ccc(Cl)cc3)c2C)oc1=O. The number of aryl methyl sites for hydroxylation is 1. The fourth-order valence-corrected chi connectivity index (χ4v) is 3.53. The van der Waals surface area contributed by atoms with Crippen LogP contribution in [0.3, 0.4) is 0 Å². The van der Waals surface area contributed by atoms with E-state index in [-0.39, 0.29) is 11.6 Å². The van der Waals surface area contributed by atoms with Gasteiger partial charge in [-0.25, -0.2) is 9.78 Å². The number of carbonyl (C=O) groups excluding carboxylic acids is 1. The van der Waals surface area contributed by atoms with Crippen LogP contribution in [0.5, 0.6) is 5.75 Å². The molecule has 0 aliphatic heterocycles. The lowest BCUT2D eigenvalue weighted by Crippen LogP contribution is -2.26. The third kappa shape index (κ3) is 5.95. The molecule has 36 heavy (non-hydrogen) atoms. The van der Waals surface area contributed by atoms with Crippen molar-refractivity contribution in [3.05, 3.63) is 81.2 Å². The number of nitrogens with one attached hydrogen (secondary N) is 1. The summed E-state index contributed by atoms with van der Waals surface area (Å²) < 4.78 is 48.9. The Morgan fingerprint density at radius 3 is 2.56 bits per heavy atom. The average Bonchev–Trinajstić information content (AvgIpc) is 3.32. The second-order valence-electron chi connectivity index (χ2n) is 7.84. The van der Waals surface area contributed by atoms with Gasteiger partial charge in [0.2, 0.25) is 5.91 Å². The Kier molecular flexibility index (Phi) is 6.88. The number of nitrogens with zero attached hydrogens (tertiary/aromatic N) is 4. The largest absolute Gasteiger partial charge is 0.573 e. The minimum absolute atomic E-state index is 0.0509. The van der Waals surface area contributed by atoms with Crippen molar-refractivity contribution >= 4 is 23.2 Å². The zero-order valence-electron chi connectivity index (χ0n) is 19.0. The van der Waals surface area contributed by atoms with Crippen molar-refractivity contribution in [2.24, 2.45) is 0 Å². The van der Waals surface area contributed by atoms with Gasteiger partial charge in [0, 0.05) is 22.9 Å². The highest BCUT2D eigenvalue weighted by atomic mass is 35.5. The summed E-state index contributed by atoms with van der Waals surface area (Å²) in [5, 5.41) is 7.22. The standard InChI is InChI=1S/C23H19ClF3N5O4/c1-13-9-17(36-23(25,26)27)7-8-18(13)29-19(33)11-32-22(34)35-21(30-32)20-14(2)31(12-28-20)10-15-3-5-16(24)6-4-15/h3-9,12H,10-11H2,1-2H3,(H,29,33). The van der Waals surface area contributed by atoms with E-state index >= 15 is 0 Å². The highest BCUT2D eigenvalue weighted by molar-refractivity contribution is 6.30. The van der Waals surface area contributed by atoms with Crippen molar-refractivity contribution in [2.75, 3.05) is 5.32 Å². The van der Waals surface area contributed by atoms with E-state index in [9.17, 15) is 22.8 Å². The van der Waals surface area contributed by atoms with Gasteiger partial charge in [-0.05, 0) is 55.3 Å². The molecule has 13 heteroatoms. The first-order valence-corrected chi connectivity index (χ1v) is 10.9. The molecule has 0 saturated heterocycles. The summed E-state index contributed by atoms with van der Waals surface area (Å²) in [5.74, 6) is -1.96. The fourth-order valence-electron chi connectivity index (χ4n) is 3.40. The molecule has 9 nitrogen and oxygen atoms in total. The summed E-state index contributed by atoms with van der Waals surface area (Å²) in [5.41, 5.74) is 2.61. The van der Waals surface area contributed by atoms with E-state index in [1.807, 2.05) is 16.7 Å². The van der Waals surface area contributed by atoms with E-state index in [1.54, 1.807) is 25.4 Å². The first kappa shape index (κ1) is 25.0. The van der Waals surface area contributed by atoms with E-state index in [0.717, 1.165) is 22.4 Å². The zero-order valence-corrected chi connectivity index (χ0v) is 19.7. The molecule has 0 fully saturated rings. The molecule has 0 saturated carbocycles. The molecule has 2 aromatic carbocycles. The second-order valence-corrected chi connectivity index (χ2v) is 8.27. The number of aromatic nitrogens is 4. The van der Waals surface area contributed by atoms with E-state index < -0.39 is 30.3 Å². The van der Waals surface area contributed by atoms with Crippen molar-refractivity contribution in [2.45, 2.75) is 33.3 Å². The maximum Gasteiger partial charge on any atom is 0.573 e. The van der Waals surface area contributed by atoms with Crippen LogP contribution in [0, 0.1) is 13.8 Å². The van der Waals surface area contributed by atoms with Gasteiger partial charge in [0.25, 0.3) is 5.89 Å². The second kappa shape index (κ2) is 9.90. The van der Waals surface area contributed by atoms with E-state index in [1.165, 1.54) is 13.0 Å². The van der Waals surface area contributed by atoms with Gasteiger partial charge in [0.15, 0.2) is 0 Å². The highest BCUT2D eigenvalue weighted by Crippen LogP contribution is 2.27. The van der Waals surface area contributed by atoms with Crippen LogP contribution in [-0.4, -0.2) is 31.6 Å². The van der Waals surface area contributed by atoms with E-state index in [2.05, 4.69) is 20.1 Å². The Morgan fingerprint density at radius 1 is 1.17 bits per heavy atom. The third-order valence-electron chi connectivity index (χ3n) is 5.17. The van der Waals surface area contributed by atoms with Gasteiger partial charge in [-0.3, -0.25) is 4.79 Å². The predicted molar refractivity (Wildman–Crippen MR) is 124 cm³/mol. The van der Waals surface area contributed by atoms with Gasteiger partial charge in [-0.1, -0.05) is 23.7 Å². The number of ether oxygens (including phenoxy) is 1. The predicted octanol–water partition coefficient (Wildman–Crippen LogP) is 4.56. The third-order valence-corrected chi connectivity index (χ3v) is 5.43. The van der Waals surface area contributed by atoms with Crippen LogP contribution >= 0.6 is 11.6 Å². The molecule has 4 rings (SSSR count). The first-order valence-electron chi connectivity index (χ1n) is 10.5. The molecule has 0 aliphatic rings. The van der Waals surface area contributed by atoms with Crippen molar-refractivity contribution in [1.29, 1.82) is 0 Å². The van der Waals surface area contributed by atoms with Crippen LogP contribution < -0.4 is 15.8 Å². The summed E-state index contributed by atoms with van der Waals surface area (Å²) in [6, 6.07) is 10.8. The Morgan fingerprint density at radius 2 is 1.89 bits per heavy atom. The molecule has 0 bridgehead atoms. The number of anilines is 1. The van der Waals surface area contributed by atoms with Crippen molar-refractivity contribution in [3.8, 4) is 17.3 Å². The molecule has 1 N–H and O–H groups in total. The fraction of sp³-hybridized carbons (Fsp3) is 0.217. The number of imidazole rings is 1. The molecular weight excluding hydrogens is 503 g/mol. The smallest absolute Gasteiger partial charge is 0.406 e. The summed E-state index contributed by atoms with van der Waals surface area (Å²) in [6.07, 6.45) is -3.24. The Hall–Kier alpha value is -4.06. The topological polar surface area (TPSA) is 104 Å². The molecule has 2 aromatic heterocycles. The number of benzene rings is 2. The number of halogens is 4. The van der Waals surface area contributed by atoms with Crippen LogP contribution in [0.15, 0.2) is 58.0 Å². The van der Waals surface area contributed by atoms with Gasteiger partial charge >= 0.3 is 12.1 Å². The van der Waals surface area contributed by atoms with Crippen molar-refractivity contribution < 1.29 is 27.1 Å². The average molecular weight is 522 g/mol. The molecule has 188 valence electrons. The molecular formula is C23H19ClF3N5O4. The summed E-state index contributed by atoms with van der Waals surface area (Å²) in [6.45, 7) is 3.32. The molecule has 0 aliphatic carbocycles. The quantitative estimate of drug-likeness (QED) is 0.382. The molecule has 1 amide bonds. The minimum Gasteiger partial charge on any atom is -0.406 e. The van der Waals surface area contributed by atoms with Gasteiger partial charge in [-0.2, -0.15) is 4.68 Å². The maximum absolute atomic E-state index is 12.5. The summed E-state index contributed by atoms with van der Waals surface area (Å²) in [4.78, 5) is 29.0. The lowest BCUT2D eigenvalue weighted by molar-refractivity contribution is -0.274. The van der Waals surface area contributed by atoms with Crippen LogP contribution in [0.2, 0.25) is 5.02 Å². The molecule has 0 unspecified atom stereocenters. The van der Waals surface area contributed by atoms with Crippen molar-refractivity contribution in [1.82, 2.24) is 19.3 Å². The van der Waals surface area contributed by atoms with Crippen LogP contribution in [0.25, 0.3) is 11.6 Å². The Labute approximate surface area is 207 Å². The summed E-state index contributed by atoms with van der Waals surface area (Å²) >= 11 is 5.92. The monoisotopic (exact) mass is 521 g/mol. The highest BCUT2D eigenvalue weighted by Gasteiger charge is 2.31. The number of alkyl halides is 3. The lowest BCUT2D eigenvalue weighted by atomic mass is 10.2. The van der Waals surface area contributed by atoms with E-state index in [4.69, 9.17) is 16.0 Å². The molecule has 4 aromatic rings. The van der Waals surface area contributed by atoms with E-state index in [0.29, 0.717) is 28.5 Å². The van der Waals surface area contributed by atoms with Crippen LogP contribution in [0.4, 0.5) is 18.9 Å². The first-order chi connectivity index (χ1) is 17.0. The van der Waals surface area contributed by atoms with Crippen LogP contribution in [0.1, 0.15) is 16.8 Å². The normalized spacial score (nSPS) is 11.5. The molecule has 0 atom stereocenters. The molecule has 2 heterocycles. The van der Waals surface area contributed by atoms with Crippen molar-refractivity contribution in [3.63, 3.8) is 0 Å². The van der Waals surface area contributed by atoms with Gasteiger partial charge in [-0.15, -0.1) is 18.3 Å². The number of amides is 1. The van der Waals surface area contributed by atoms with Gasteiger partial charge in [0.05, 0.1) is 6.33 Å². The molecule has 0 radical (unpaired) electrons. The number of hydrogen-bond acceptors (Lipinski definition) is 6. The van der Waals surface area contributed by atoms with Gasteiger partial charge < -0.3 is 19.0 Å². The molecule has 0 spiro atoms. The maximum atomic E-state index is 12.5. The minimum atomic E-state index is -4.83. The van der Waals surface area contributed by atoms with Crippen LogP contribution in [-0.2, 0) is 17.9 Å². The summed E-state index contributed by atoms with van der Waals surface area (Å²) in [7, 11) is 0. The number of hydrogen-bond donors (Lipinski definition) is 1. The Bertz CT molecular complexity index is 1460. The number of rotatable bonds is 7. The zero-order chi connectivity index (χ0) is 26.0. The Balaban J connectivity index is 1.45.